The van der Waals surface area contributed by atoms with Crippen LogP contribution in [0.15, 0.2) is 54.6 Å². The highest BCUT2D eigenvalue weighted by atomic mass is 32.1. The van der Waals surface area contributed by atoms with Crippen molar-refractivity contribution in [3.05, 3.63) is 81.0 Å². The van der Waals surface area contributed by atoms with Crippen molar-refractivity contribution in [1.29, 1.82) is 0 Å². The van der Waals surface area contributed by atoms with Gasteiger partial charge in [0.25, 0.3) is 5.91 Å². The van der Waals surface area contributed by atoms with E-state index < -0.39 is 17.9 Å². The Labute approximate surface area is 204 Å². The molecule has 2 atom stereocenters. The molecule has 7 heteroatoms. The van der Waals surface area contributed by atoms with Crippen molar-refractivity contribution in [3.63, 3.8) is 0 Å². The third-order valence-electron chi connectivity index (χ3n) is 5.72. The Kier molecular flexibility index (Phi) is 8.98. The van der Waals surface area contributed by atoms with Gasteiger partial charge in [0.2, 0.25) is 0 Å². The molecule has 1 heterocycles. The molecule has 2 aromatic carbocycles. The summed E-state index contributed by atoms with van der Waals surface area (Å²) >= 11 is 1.75. The summed E-state index contributed by atoms with van der Waals surface area (Å²) in [5.41, 5.74) is 3.89. The quantitative estimate of drug-likeness (QED) is 0.353. The summed E-state index contributed by atoms with van der Waals surface area (Å²) < 4.78 is 6.13. The highest BCUT2D eigenvalue weighted by Crippen LogP contribution is 2.30. The molecule has 1 aromatic heterocycles. The molecule has 0 aliphatic heterocycles. The zero-order valence-electron chi connectivity index (χ0n) is 19.7. The van der Waals surface area contributed by atoms with Gasteiger partial charge in [-0.1, -0.05) is 37.3 Å². The van der Waals surface area contributed by atoms with Crippen LogP contribution in [-0.2, 0) is 22.6 Å². The Morgan fingerprint density at radius 3 is 2.50 bits per heavy atom. The number of aliphatic hydroxyl groups is 1. The molecule has 0 saturated heterocycles. The van der Waals surface area contributed by atoms with E-state index in [4.69, 9.17) is 9.84 Å². The molecule has 0 saturated carbocycles. The Hall–Kier alpha value is -3.00. The van der Waals surface area contributed by atoms with E-state index in [0.29, 0.717) is 17.7 Å². The number of benzene rings is 2. The number of aliphatic carboxylic acids is 1. The van der Waals surface area contributed by atoms with Gasteiger partial charge in [-0.2, -0.15) is 0 Å². The number of carboxylic acid groups (broad SMARTS) is 1. The fourth-order valence-electron chi connectivity index (χ4n) is 3.71. The van der Waals surface area contributed by atoms with Crippen LogP contribution < -0.4 is 5.32 Å². The number of amides is 1. The minimum Gasteiger partial charge on any atom is -0.480 e. The number of nitrogens with one attached hydrogen (secondary N) is 1. The molecule has 6 nitrogen and oxygen atoms in total. The number of aliphatic hydroxyl groups excluding tert-OH is 1. The van der Waals surface area contributed by atoms with E-state index in [1.165, 1.54) is 9.75 Å². The third kappa shape index (κ3) is 6.32. The molecule has 0 fully saturated rings. The summed E-state index contributed by atoms with van der Waals surface area (Å²) in [4.78, 5) is 27.0. The van der Waals surface area contributed by atoms with Crippen molar-refractivity contribution in [2.24, 2.45) is 0 Å². The molecule has 3 rings (SSSR count). The molecule has 0 bridgehead atoms. The number of carboxylic acids is 1. The van der Waals surface area contributed by atoms with Gasteiger partial charge in [-0.05, 0) is 66.8 Å². The second-order valence-electron chi connectivity index (χ2n) is 8.18. The van der Waals surface area contributed by atoms with E-state index >= 15 is 0 Å². The average Bonchev–Trinajstić information content (AvgIpc) is 3.32. The maximum absolute atomic E-state index is 13.0. The van der Waals surface area contributed by atoms with Gasteiger partial charge >= 0.3 is 5.97 Å². The summed E-state index contributed by atoms with van der Waals surface area (Å²) in [6.07, 6.45) is 0.888. The largest absolute Gasteiger partial charge is 0.480 e. The lowest BCUT2D eigenvalue weighted by atomic mass is 9.93. The smallest absolute Gasteiger partial charge is 0.326 e. The van der Waals surface area contributed by atoms with E-state index in [2.05, 4.69) is 24.4 Å². The predicted molar refractivity (Wildman–Crippen MR) is 134 cm³/mol. The Balaban J connectivity index is 1.87. The van der Waals surface area contributed by atoms with Gasteiger partial charge in [-0.25, -0.2) is 4.79 Å². The number of carbonyl (C=O) groups is 2. The normalized spacial score (nSPS) is 12.8. The van der Waals surface area contributed by atoms with E-state index in [9.17, 15) is 14.7 Å². The van der Waals surface area contributed by atoms with E-state index in [0.717, 1.165) is 23.1 Å². The van der Waals surface area contributed by atoms with Crippen LogP contribution in [0.4, 0.5) is 0 Å². The molecule has 34 heavy (non-hydrogen) atoms. The lowest BCUT2D eigenvalue weighted by Gasteiger charge is -2.18. The zero-order chi connectivity index (χ0) is 24.7. The number of thiophene rings is 1. The number of rotatable bonds is 11. The van der Waals surface area contributed by atoms with Crippen LogP contribution >= 0.6 is 11.3 Å². The van der Waals surface area contributed by atoms with Crippen LogP contribution in [0.5, 0.6) is 0 Å². The first-order valence-electron chi connectivity index (χ1n) is 11.4. The first-order valence-corrected chi connectivity index (χ1v) is 12.2. The predicted octanol–water partition coefficient (Wildman–Crippen LogP) is 5.13. The number of carbonyl (C=O) groups excluding carboxylic acids is 1. The second kappa shape index (κ2) is 11.9. The van der Waals surface area contributed by atoms with Crippen LogP contribution in [-0.4, -0.2) is 34.7 Å². The van der Waals surface area contributed by atoms with Crippen LogP contribution in [0.1, 0.15) is 57.6 Å². The van der Waals surface area contributed by atoms with Crippen molar-refractivity contribution < 1.29 is 24.5 Å². The summed E-state index contributed by atoms with van der Waals surface area (Å²) in [5.74, 6) is -1.68. The first-order chi connectivity index (χ1) is 16.3. The maximum Gasteiger partial charge on any atom is 0.326 e. The zero-order valence-corrected chi connectivity index (χ0v) is 20.5. The van der Waals surface area contributed by atoms with Crippen molar-refractivity contribution >= 4 is 23.2 Å². The summed E-state index contributed by atoms with van der Waals surface area (Å²) in [5, 5.41) is 21.0. The van der Waals surface area contributed by atoms with Gasteiger partial charge in [-0.15, -0.1) is 11.3 Å². The van der Waals surface area contributed by atoms with Gasteiger partial charge in [0.05, 0.1) is 12.7 Å². The van der Waals surface area contributed by atoms with Gasteiger partial charge in [0, 0.05) is 28.3 Å². The van der Waals surface area contributed by atoms with Crippen LogP contribution in [0.2, 0.25) is 0 Å². The molecular weight excluding hydrogens is 450 g/mol. The van der Waals surface area contributed by atoms with E-state index in [-0.39, 0.29) is 19.1 Å². The minimum atomic E-state index is -1.18. The number of ether oxygens (including phenoxy) is 1. The summed E-state index contributed by atoms with van der Waals surface area (Å²) in [7, 11) is 0. The lowest BCUT2D eigenvalue weighted by Crippen LogP contribution is -2.41. The van der Waals surface area contributed by atoms with E-state index in [1.807, 2.05) is 50.2 Å². The molecule has 0 aliphatic carbocycles. The Morgan fingerprint density at radius 1 is 1.09 bits per heavy atom. The Morgan fingerprint density at radius 2 is 1.85 bits per heavy atom. The Bertz CT molecular complexity index is 1140. The fourth-order valence-corrected chi connectivity index (χ4v) is 4.66. The average molecular weight is 482 g/mol. The van der Waals surface area contributed by atoms with Gasteiger partial charge in [-0.3, -0.25) is 4.79 Å². The standard InChI is InChI=1S/C27H31NO5S/c1-4-20-10-12-25(34-20)18(3)33-16-19-9-11-22(26(30)28-24(13-14-29)27(31)32)23(15-19)21-8-6-5-7-17(21)2/h5-12,15,18,24,29H,4,13-14,16H2,1-3H3,(H,28,30)(H,31,32). The molecular formula is C27H31NO5S. The minimum absolute atomic E-state index is 0.0509. The fraction of sp³-hybridized carbons (Fsp3) is 0.333. The van der Waals surface area contributed by atoms with E-state index in [1.54, 1.807) is 17.4 Å². The molecule has 0 aliphatic rings. The van der Waals surface area contributed by atoms with Crippen LogP contribution in [0, 0.1) is 6.92 Å². The first kappa shape index (κ1) is 25.6. The molecule has 180 valence electrons. The number of hydrogen-bond donors (Lipinski definition) is 3. The third-order valence-corrected chi connectivity index (χ3v) is 7.11. The van der Waals surface area contributed by atoms with Crippen LogP contribution in [0.3, 0.4) is 0 Å². The van der Waals surface area contributed by atoms with Crippen molar-refractivity contribution in [1.82, 2.24) is 5.32 Å². The summed E-state index contributed by atoms with van der Waals surface area (Å²) in [6, 6.07) is 16.3. The van der Waals surface area contributed by atoms with Crippen LogP contribution in [0.25, 0.3) is 11.1 Å². The monoisotopic (exact) mass is 481 g/mol. The highest BCUT2D eigenvalue weighted by molar-refractivity contribution is 7.12. The number of hydrogen-bond acceptors (Lipinski definition) is 5. The SMILES string of the molecule is CCc1ccc(C(C)OCc2ccc(C(=O)NC(CCO)C(=O)O)c(-c3ccccc3C)c2)s1. The van der Waals surface area contributed by atoms with Gasteiger partial charge in [0.1, 0.15) is 6.04 Å². The second-order valence-corrected chi connectivity index (χ2v) is 9.38. The maximum atomic E-state index is 13.0. The molecule has 3 aromatic rings. The molecule has 1 amide bonds. The molecule has 0 spiro atoms. The summed E-state index contributed by atoms with van der Waals surface area (Å²) in [6.45, 7) is 6.18. The van der Waals surface area contributed by atoms with Gasteiger partial charge in [0.15, 0.2) is 0 Å². The van der Waals surface area contributed by atoms with Gasteiger partial charge < -0.3 is 20.3 Å². The molecule has 0 radical (unpaired) electrons. The molecule has 3 N–H and O–H groups in total. The topological polar surface area (TPSA) is 95.9 Å². The highest BCUT2D eigenvalue weighted by Gasteiger charge is 2.22. The van der Waals surface area contributed by atoms with Crippen molar-refractivity contribution in [3.8, 4) is 11.1 Å². The van der Waals surface area contributed by atoms with Crippen molar-refractivity contribution in [2.45, 2.75) is 52.4 Å². The van der Waals surface area contributed by atoms with Crippen molar-refractivity contribution in [2.75, 3.05) is 6.61 Å². The number of aryl methyl sites for hydroxylation is 2. The molecule has 2 unspecified atom stereocenters. The lowest BCUT2D eigenvalue weighted by molar-refractivity contribution is -0.139.